The number of aliphatic carboxylic acids is 1. The molecule has 0 aliphatic heterocycles. The number of rotatable bonds is 6. The monoisotopic (exact) mass is 185 g/mol. The maximum absolute atomic E-state index is 11.1. The summed E-state index contributed by atoms with van der Waals surface area (Å²) in [5.41, 5.74) is 0. The number of hydrogen-bond donors (Lipinski definition) is 1. The lowest BCUT2D eigenvalue weighted by atomic mass is 10.1. The molecule has 0 aliphatic carbocycles. The van der Waals surface area contributed by atoms with Crippen LogP contribution in [0, 0.1) is 0 Å². The second-order valence-corrected chi connectivity index (χ2v) is 2.95. The van der Waals surface area contributed by atoms with Crippen molar-refractivity contribution < 1.29 is 14.7 Å². The quantitative estimate of drug-likeness (QED) is 0.613. The highest BCUT2D eigenvalue weighted by Crippen LogP contribution is 2.03. The molecule has 0 radical (unpaired) electrons. The number of carbonyl (C=O) groups excluding carboxylic acids is 1. The molecule has 0 saturated heterocycles. The van der Waals surface area contributed by atoms with Crippen molar-refractivity contribution >= 4 is 11.8 Å². The molecule has 1 atom stereocenters. The maximum atomic E-state index is 11.1. The number of carbonyl (C=O) groups is 2. The Balaban J connectivity index is 4.31. The Labute approximate surface area is 77.8 Å². The van der Waals surface area contributed by atoms with Crippen LogP contribution in [-0.2, 0) is 9.59 Å². The predicted molar refractivity (Wildman–Crippen MR) is 49.5 cm³/mol. The van der Waals surface area contributed by atoms with E-state index in [-0.39, 0.29) is 12.2 Å². The molecule has 0 fully saturated rings. The van der Waals surface area contributed by atoms with Crippen molar-refractivity contribution in [2.75, 3.05) is 13.6 Å². The first-order valence-corrected chi connectivity index (χ1v) is 4.02. The third-order valence-electron chi connectivity index (χ3n) is 1.79. The van der Waals surface area contributed by atoms with Gasteiger partial charge >= 0.3 is 5.97 Å². The fourth-order valence-electron chi connectivity index (χ4n) is 1.11. The van der Waals surface area contributed by atoms with Crippen LogP contribution in [0.2, 0.25) is 0 Å². The summed E-state index contributed by atoms with van der Waals surface area (Å²) in [6, 6.07) is -0.546. The van der Waals surface area contributed by atoms with E-state index >= 15 is 0 Å². The summed E-state index contributed by atoms with van der Waals surface area (Å²) in [7, 11) is 1.71. The van der Waals surface area contributed by atoms with E-state index in [1.165, 1.54) is 6.92 Å². The van der Waals surface area contributed by atoms with Gasteiger partial charge in [-0.25, -0.2) is 0 Å². The highest BCUT2D eigenvalue weighted by atomic mass is 16.4. The first-order valence-electron chi connectivity index (χ1n) is 4.02. The number of carboxylic acid groups (broad SMARTS) is 1. The second kappa shape index (κ2) is 5.48. The summed E-state index contributed by atoms with van der Waals surface area (Å²) >= 11 is 0. The Kier molecular flexibility index (Phi) is 4.99. The molecule has 0 aromatic rings. The lowest BCUT2D eigenvalue weighted by Crippen LogP contribution is -2.39. The normalized spacial score (nSPS) is 12.5. The summed E-state index contributed by atoms with van der Waals surface area (Å²) in [6.45, 7) is 5.43. The Bertz CT molecular complexity index is 213. The standard InChI is InChI=1S/C9H15NO3/c1-4-5-10(3)8(7(2)11)6-9(12)13/h4,8H,1,5-6H2,2-3H3,(H,12,13)/t8-/m0/s1. The molecule has 0 aliphatic rings. The van der Waals surface area contributed by atoms with Crippen molar-refractivity contribution in [2.45, 2.75) is 19.4 Å². The van der Waals surface area contributed by atoms with Gasteiger partial charge in [0.25, 0.3) is 0 Å². The second-order valence-electron chi connectivity index (χ2n) is 2.95. The lowest BCUT2D eigenvalue weighted by molar-refractivity contribution is -0.140. The van der Waals surface area contributed by atoms with E-state index in [1.54, 1.807) is 18.0 Å². The molecular formula is C9H15NO3. The van der Waals surface area contributed by atoms with Crippen molar-refractivity contribution in [3.63, 3.8) is 0 Å². The summed E-state index contributed by atoms with van der Waals surface area (Å²) in [5.74, 6) is -1.09. The van der Waals surface area contributed by atoms with Gasteiger partial charge in [-0.3, -0.25) is 14.5 Å². The van der Waals surface area contributed by atoms with Crippen molar-refractivity contribution in [1.82, 2.24) is 4.90 Å². The number of hydrogen-bond acceptors (Lipinski definition) is 3. The topological polar surface area (TPSA) is 57.6 Å². The summed E-state index contributed by atoms with van der Waals surface area (Å²) in [6.07, 6.45) is 1.48. The molecule has 4 nitrogen and oxygen atoms in total. The lowest BCUT2D eigenvalue weighted by Gasteiger charge is -2.22. The number of Topliss-reactive ketones (excluding diaryl/α,β-unsaturated/α-hetero) is 1. The number of ketones is 1. The highest BCUT2D eigenvalue weighted by Gasteiger charge is 2.21. The minimum absolute atomic E-state index is 0.133. The van der Waals surface area contributed by atoms with Gasteiger partial charge in [0.2, 0.25) is 0 Å². The average molecular weight is 185 g/mol. The first kappa shape index (κ1) is 11.8. The van der Waals surface area contributed by atoms with Crippen LogP contribution in [0.15, 0.2) is 12.7 Å². The van der Waals surface area contributed by atoms with Crippen LogP contribution in [-0.4, -0.2) is 41.4 Å². The van der Waals surface area contributed by atoms with Crippen LogP contribution in [0.4, 0.5) is 0 Å². The van der Waals surface area contributed by atoms with Gasteiger partial charge in [-0.15, -0.1) is 6.58 Å². The van der Waals surface area contributed by atoms with Gasteiger partial charge in [0, 0.05) is 6.54 Å². The van der Waals surface area contributed by atoms with Crippen molar-refractivity contribution in [3.05, 3.63) is 12.7 Å². The molecule has 0 bridgehead atoms. The van der Waals surface area contributed by atoms with Crippen molar-refractivity contribution in [1.29, 1.82) is 0 Å². The number of nitrogens with zero attached hydrogens (tertiary/aromatic N) is 1. The molecule has 1 N–H and O–H groups in total. The Morgan fingerprint density at radius 3 is 2.46 bits per heavy atom. The Hall–Kier alpha value is -1.16. The van der Waals surface area contributed by atoms with E-state index in [9.17, 15) is 9.59 Å². The predicted octanol–water partition coefficient (Wildman–Crippen LogP) is 0.537. The Morgan fingerprint density at radius 2 is 2.15 bits per heavy atom. The van der Waals surface area contributed by atoms with Gasteiger partial charge in [-0.05, 0) is 14.0 Å². The number of carboxylic acids is 1. The third-order valence-corrected chi connectivity index (χ3v) is 1.79. The molecule has 0 heterocycles. The fourth-order valence-corrected chi connectivity index (χ4v) is 1.11. The van der Waals surface area contributed by atoms with Gasteiger partial charge < -0.3 is 5.11 Å². The minimum Gasteiger partial charge on any atom is -0.481 e. The van der Waals surface area contributed by atoms with E-state index in [1.807, 2.05) is 0 Å². The molecule has 4 heteroatoms. The van der Waals surface area contributed by atoms with Gasteiger partial charge in [-0.2, -0.15) is 0 Å². The van der Waals surface area contributed by atoms with Gasteiger partial charge in [-0.1, -0.05) is 6.08 Å². The van der Waals surface area contributed by atoms with Gasteiger partial charge in [0.1, 0.15) is 5.78 Å². The van der Waals surface area contributed by atoms with E-state index in [0.29, 0.717) is 6.54 Å². The molecule has 0 saturated carbocycles. The van der Waals surface area contributed by atoms with Gasteiger partial charge in [0.05, 0.1) is 12.5 Å². The maximum Gasteiger partial charge on any atom is 0.305 e. The van der Waals surface area contributed by atoms with E-state index in [2.05, 4.69) is 6.58 Å². The molecule has 0 unspecified atom stereocenters. The van der Waals surface area contributed by atoms with Crippen LogP contribution < -0.4 is 0 Å². The summed E-state index contributed by atoms with van der Waals surface area (Å²) in [4.78, 5) is 23.1. The van der Waals surface area contributed by atoms with E-state index in [4.69, 9.17) is 5.11 Å². The molecule has 0 spiro atoms. The van der Waals surface area contributed by atoms with Crippen LogP contribution in [0.5, 0.6) is 0 Å². The molecule has 0 aromatic carbocycles. The van der Waals surface area contributed by atoms with Crippen molar-refractivity contribution in [2.24, 2.45) is 0 Å². The molecule has 0 rings (SSSR count). The third kappa shape index (κ3) is 4.42. The zero-order chi connectivity index (χ0) is 10.4. The molecule has 13 heavy (non-hydrogen) atoms. The van der Waals surface area contributed by atoms with Gasteiger partial charge in [0.15, 0.2) is 0 Å². The van der Waals surface area contributed by atoms with E-state index < -0.39 is 12.0 Å². The van der Waals surface area contributed by atoms with Crippen LogP contribution in [0.3, 0.4) is 0 Å². The van der Waals surface area contributed by atoms with Crippen molar-refractivity contribution in [3.8, 4) is 0 Å². The van der Waals surface area contributed by atoms with E-state index in [0.717, 1.165) is 0 Å². The van der Waals surface area contributed by atoms with Crippen LogP contribution in [0.1, 0.15) is 13.3 Å². The summed E-state index contributed by atoms with van der Waals surface area (Å²) < 4.78 is 0. The largest absolute Gasteiger partial charge is 0.481 e. The van der Waals surface area contributed by atoms with Crippen LogP contribution >= 0.6 is 0 Å². The smallest absolute Gasteiger partial charge is 0.305 e. The average Bonchev–Trinajstić information content (AvgIpc) is 1.99. The fraction of sp³-hybridized carbons (Fsp3) is 0.556. The Morgan fingerprint density at radius 1 is 1.62 bits per heavy atom. The zero-order valence-electron chi connectivity index (χ0n) is 7.99. The SMILES string of the molecule is C=CCN(C)[C@@H](CC(=O)O)C(C)=O. The van der Waals surface area contributed by atoms with Crippen LogP contribution in [0.25, 0.3) is 0 Å². The molecule has 74 valence electrons. The zero-order valence-corrected chi connectivity index (χ0v) is 7.99. The molecule has 0 amide bonds. The highest BCUT2D eigenvalue weighted by molar-refractivity contribution is 5.85. The first-order chi connectivity index (χ1) is 5.99. The minimum atomic E-state index is -0.962. The summed E-state index contributed by atoms with van der Waals surface area (Å²) in [5, 5.41) is 8.55. The molecular weight excluding hydrogens is 170 g/mol. The number of likely N-dealkylation sites (N-methyl/N-ethyl adjacent to an activating group) is 1. The molecule has 0 aromatic heterocycles.